The lowest BCUT2D eigenvalue weighted by Gasteiger charge is -2.11. The topological polar surface area (TPSA) is 24.9 Å². The minimum absolute atomic E-state index is 0.971. The number of aromatic nitrogens is 1. The van der Waals surface area contributed by atoms with E-state index in [9.17, 15) is 0 Å². The third kappa shape index (κ3) is 1.50. The van der Waals surface area contributed by atoms with Crippen LogP contribution in [0.1, 0.15) is 23.2 Å². The largest absolute Gasteiger partial charge is 0.313 e. The normalized spacial score (nSPS) is 15.8. The van der Waals surface area contributed by atoms with Gasteiger partial charge in [0.25, 0.3) is 0 Å². The van der Waals surface area contributed by atoms with Gasteiger partial charge in [0.2, 0.25) is 0 Å². The van der Waals surface area contributed by atoms with Crippen LogP contribution in [-0.2, 0) is 13.0 Å². The molecule has 82 valence electrons. The lowest BCUT2D eigenvalue weighted by molar-refractivity contribution is 0.679. The quantitative estimate of drug-likeness (QED) is 0.726. The van der Waals surface area contributed by atoms with E-state index < -0.39 is 0 Å². The fourth-order valence-corrected chi connectivity index (χ4v) is 2.52. The van der Waals surface area contributed by atoms with Crippen molar-refractivity contribution in [2.75, 3.05) is 6.54 Å². The van der Waals surface area contributed by atoms with Crippen molar-refractivity contribution in [2.45, 2.75) is 26.3 Å². The lowest BCUT2D eigenvalue weighted by atomic mass is 10.0. The van der Waals surface area contributed by atoms with E-state index in [-0.39, 0.29) is 0 Å². The summed E-state index contributed by atoms with van der Waals surface area (Å²) in [7, 11) is 0. The Hall–Kier alpha value is -1.41. The summed E-state index contributed by atoms with van der Waals surface area (Å²) in [5.74, 6) is 0. The summed E-state index contributed by atoms with van der Waals surface area (Å²) < 4.78 is 0. The Morgan fingerprint density at radius 2 is 2.12 bits per heavy atom. The number of nitrogens with one attached hydrogen (secondary N) is 1. The molecule has 2 heterocycles. The molecular weight excluding hydrogens is 196 g/mol. The molecule has 2 aromatic rings. The summed E-state index contributed by atoms with van der Waals surface area (Å²) in [6, 6.07) is 8.44. The van der Waals surface area contributed by atoms with Gasteiger partial charge in [-0.1, -0.05) is 18.2 Å². The predicted molar refractivity (Wildman–Crippen MR) is 66.5 cm³/mol. The summed E-state index contributed by atoms with van der Waals surface area (Å²) in [4.78, 5) is 4.80. The molecule has 1 aliphatic heterocycles. The lowest BCUT2D eigenvalue weighted by Crippen LogP contribution is -2.13. The highest BCUT2D eigenvalue weighted by atomic mass is 14.9. The van der Waals surface area contributed by atoms with Crippen molar-refractivity contribution in [1.82, 2.24) is 10.3 Å². The molecule has 2 nitrogen and oxygen atoms in total. The molecule has 0 bridgehead atoms. The average molecular weight is 212 g/mol. The van der Waals surface area contributed by atoms with Crippen LogP contribution >= 0.6 is 0 Å². The Labute approximate surface area is 95.7 Å². The van der Waals surface area contributed by atoms with E-state index in [4.69, 9.17) is 4.98 Å². The molecule has 1 aromatic carbocycles. The van der Waals surface area contributed by atoms with Crippen LogP contribution in [0.3, 0.4) is 0 Å². The monoisotopic (exact) mass is 212 g/mol. The maximum atomic E-state index is 4.80. The van der Waals surface area contributed by atoms with Gasteiger partial charge in [0, 0.05) is 17.6 Å². The molecular formula is C14H16N2. The van der Waals surface area contributed by atoms with E-state index in [2.05, 4.69) is 36.5 Å². The van der Waals surface area contributed by atoms with Crippen LogP contribution in [0.4, 0.5) is 0 Å². The minimum atomic E-state index is 0.971. The first kappa shape index (κ1) is 9.79. The maximum Gasteiger partial charge on any atom is 0.0708 e. The van der Waals surface area contributed by atoms with Gasteiger partial charge in [-0.3, -0.25) is 4.98 Å². The molecule has 1 N–H and O–H groups in total. The number of fused-ring (bicyclic) bond motifs is 2. The van der Waals surface area contributed by atoms with E-state index in [0.29, 0.717) is 0 Å². The molecule has 1 aromatic heterocycles. The van der Waals surface area contributed by atoms with Crippen LogP contribution in [0.2, 0.25) is 0 Å². The molecule has 0 saturated heterocycles. The van der Waals surface area contributed by atoms with Gasteiger partial charge in [-0.25, -0.2) is 0 Å². The van der Waals surface area contributed by atoms with Crippen LogP contribution < -0.4 is 5.32 Å². The maximum absolute atomic E-state index is 4.80. The van der Waals surface area contributed by atoms with Gasteiger partial charge in [-0.15, -0.1) is 0 Å². The second-order valence-electron chi connectivity index (χ2n) is 4.46. The predicted octanol–water partition coefficient (Wildman–Crippen LogP) is 2.58. The average Bonchev–Trinajstić information content (AvgIpc) is 2.55. The van der Waals surface area contributed by atoms with Crippen LogP contribution in [0.25, 0.3) is 10.9 Å². The number of aryl methyl sites for hydroxylation is 2. The third-order valence-corrected chi connectivity index (χ3v) is 3.43. The van der Waals surface area contributed by atoms with E-state index in [1.165, 1.54) is 28.6 Å². The summed E-state index contributed by atoms with van der Waals surface area (Å²) in [6.45, 7) is 4.29. The number of pyridine rings is 1. The second-order valence-corrected chi connectivity index (χ2v) is 4.46. The Bertz CT molecular complexity index is 531. The molecule has 0 saturated carbocycles. The molecule has 1 aliphatic rings. The first-order chi connectivity index (χ1) is 7.86. The van der Waals surface area contributed by atoms with Gasteiger partial charge in [-0.2, -0.15) is 0 Å². The third-order valence-electron chi connectivity index (χ3n) is 3.43. The van der Waals surface area contributed by atoms with Crippen molar-refractivity contribution >= 4 is 10.9 Å². The van der Waals surface area contributed by atoms with E-state index in [0.717, 1.165) is 25.0 Å². The highest BCUT2D eigenvalue weighted by Gasteiger charge is 2.13. The summed E-state index contributed by atoms with van der Waals surface area (Å²) in [5.41, 5.74) is 5.24. The van der Waals surface area contributed by atoms with E-state index in [1.807, 2.05) is 0 Å². The molecule has 0 aliphatic carbocycles. The van der Waals surface area contributed by atoms with E-state index in [1.54, 1.807) is 0 Å². The Morgan fingerprint density at radius 1 is 1.25 bits per heavy atom. The van der Waals surface area contributed by atoms with Gasteiger partial charge in [0.15, 0.2) is 0 Å². The zero-order valence-electron chi connectivity index (χ0n) is 9.59. The summed E-state index contributed by atoms with van der Waals surface area (Å²) in [6.07, 6.45) is 2.30. The Morgan fingerprint density at radius 3 is 3.06 bits per heavy atom. The molecule has 16 heavy (non-hydrogen) atoms. The Kier molecular flexibility index (Phi) is 2.37. The van der Waals surface area contributed by atoms with Gasteiger partial charge in [0.05, 0.1) is 5.52 Å². The molecule has 0 fully saturated rings. The zero-order valence-corrected chi connectivity index (χ0v) is 9.59. The van der Waals surface area contributed by atoms with Crippen LogP contribution in [-0.4, -0.2) is 11.5 Å². The summed E-state index contributed by atoms with van der Waals surface area (Å²) >= 11 is 0. The number of nitrogens with zero attached hydrogens (tertiary/aromatic N) is 1. The number of hydrogen-bond donors (Lipinski definition) is 1. The van der Waals surface area contributed by atoms with Crippen LogP contribution in [0.15, 0.2) is 24.3 Å². The molecule has 0 unspecified atom stereocenters. The van der Waals surface area contributed by atoms with E-state index >= 15 is 0 Å². The highest BCUT2D eigenvalue weighted by Crippen LogP contribution is 2.24. The van der Waals surface area contributed by atoms with Crippen molar-refractivity contribution in [3.63, 3.8) is 0 Å². The Balaban J connectivity index is 2.29. The smallest absolute Gasteiger partial charge is 0.0708 e. The first-order valence-electron chi connectivity index (χ1n) is 5.94. The fraction of sp³-hybridized carbons (Fsp3) is 0.357. The van der Waals surface area contributed by atoms with Crippen molar-refractivity contribution in [3.8, 4) is 0 Å². The van der Waals surface area contributed by atoms with Crippen LogP contribution in [0.5, 0.6) is 0 Å². The van der Waals surface area contributed by atoms with Gasteiger partial charge < -0.3 is 5.32 Å². The molecule has 0 radical (unpaired) electrons. The molecule has 0 amide bonds. The molecule has 0 atom stereocenters. The van der Waals surface area contributed by atoms with Crippen LogP contribution in [0, 0.1) is 6.92 Å². The highest BCUT2D eigenvalue weighted by molar-refractivity contribution is 5.83. The number of benzene rings is 1. The van der Waals surface area contributed by atoms with Crippen molar-refractivity contribution in [1.29, 1.82) is 0 Å². The molecule has 3 rings (SSSR count). The second kappa shape index (κ2) is 3.87. The molecule has 0 spiro atoms. The zero-order chi connectivity index (χ0) is 11.0. The van der Waals surface area contributed by atoms with Crippen molar-refractivity contribution in [2.24, 2.45) is 0 Å². The number of hydrogen-bond acceptors (Lipinski definition) is 2. The SMILES string of the molecule is Cc1c2c(nc3ccccc13)CCCNC2. The minimum Gasteiger partial charge on any atom is -0.313 e. The fourth-order valence-electron chi connectivity index (χ4n) is 2.52. The standard InChI is InChI=1S/C14H16N2/c1-10-11-5-2-3-6-13(11)16-14-7-4-8-15-9-12(10)14/h2-3,5-6,15H,4,7-9H2,1H3. The van der Waals surface area contributed by atoms with Gasteiger partial charge in [-0.05, 0) is 43.5 Å². The van der Waals surface area contributed by atoms with Gasteiger partial charge >= 0.3 is 0 Å². The van der Waals surface area contributed by atoms with Crippen molar-refractivity contribution < 1.29 is 0 Å². The summed E-state index contributed by atoms with van der Waals surface area (Å²) in [5, 5.41) is 4.77. The van der Waals surface area contributed by atoms with Gasteiger partial charge in [0.1, 0.15) is 0 Å². The molecule has 2 heteroatoms. The first-order valence-corrected chi connectivity index (χ1v) is 5.94. The number of para-hydroxylation sites is 1. The number of rotatable bonds is 0. The van der Waals surface area contributed by atoms with Crippen molar-refractivity contribution in [3.05, 3.63) is 41.1 Å².